The number of aliphatic carboxylic acids is 1. The highest BCUT2D eigenvalue weighted by Gasteiger charge is 2.14. The standard InChI is InChI=1S/C29H25NO5/c1-21(29(32)33)34-25-14-5-9-22(19-25)10-7-17-30-18-8-16-27(30)28(31)23-11-6-15-26(20-23)35-24-12-3-2-4-13-24/h2-16,18-21H,17H2,1H3,(H,32,33)/b10-7+. The Bertz CT molecular complexity index is 1340. The van der Waals surface area contributed by atoms with Gasteiger partial charge in [0.25, 0.3) is 0 Å². The number of ketones is 1. The summed E-state index contributed by atoms with van der Waals surface area (Å²) in [5.41, 5.74) is 1.98. The molecule has 0 fully saturated rings. The molecule has 0 amide bonds. The molecule has 3 aromatic carbocycles. The zero-order valence-electron chi connectivity index (χ0n) is 19.2. The number of carboxylic acid groups (broad SMARTS) is 1. The summed E-state index contributed by atoms with van der Waals surface area (Å²) in [4.78, 5) is 24.2. The van der Waals surface area contributed by atoms with E-state index in [2.05, 4.69) is 0 Å². The van der Waals surface area contributed by atoms with Gasteiger partial charge in [0, 0.05) is 18.3 Å². The van der Waals surface area contributed by atoms with Crippen LogP contribution in [0.25, 0.3) is 6.08 Å². The Hall–Kier alpha value is -4.58. The molecule has 0 aliphatic carbocycles. The van der Waals surface area contributed by atoms with Gasteiger partial charge in [-0.15, -0.1) is 0 Å². The number of para-hydroxylation sites is 1. The van der Waals surface area contributed by atoms with Crippen molar-refractivity contribution in [1.82, 2.24) is 4.57 Å². The minimum Gasteiger partial charge on any atom is -0.479 e. The Morgan fingerprint density at radius 1 is 0.886 bits per heavy atom. The van der Waals surface area contributed by atoms with Crippen LogP contribution in [0.5, 0.6) is 17.2 Å². The van der Waals surface area contributed by atoms with Gasteiger partial charge in [0.2, 0.25) is 5.78 Å². The van der Waals surface area contributed by atoms with Gasteiger partial charge in [0.1, 0.15) is 17.2 Å². The van der Waals surface area contributed by atoms with Gasteiger partial charge in [-0.25, -0.2) is 4.79 Å². The molecule has 0 aliphatic rings. The lowest BCUT2D eigenvalue weighted by atomic mass is 10.1. The minimum atomic E-state index is -1.02. The lowest BCUT2D eigenvalue weighted by Gasteiger charge is -2.10. The predicted molar refractivity (Wildman–Crippen MR) is 134 cm³/mol. The van der Waals surface area contributed by atoms with Crippen LogP contribution in [-0.4, -0.2) is 27.5 Å². The second-order valence-corrected chi connectivity index (χ2v) is 7.89. The summed E-state index contributed by atoms with van der Waals surface area (Å²) in [5.74, 6) is 0.668. The molecule has 1 atom stereocenters. The number of hydrogen-bond acceptors (Lipinski definition) is 4. The van der Waals surface area contributed by atoms with Crippen LogP contribution in [0.15, 0.2) is 103 Å². The van der Waals surface area contributed by atoms with Crippen molar-refractivity contribution < 1.29 is 24.2 Å². The molecular weight excluding hydrogens is 442 g/mol. The van der Waals surface area contributed by atoms with Crippen molar-refractivity contribution in [3.8, 4) is 17.2 Å². The Kier molecular flexibility index (Phi) is 7.43. The molecule has 1 heterocycles. The minimum absolute atomic E-state index is 0.0973. The van der Waals surface area contributed by atoms with E-state index in [-0.39, 0.29) is 5.78 Å². The van der Waals surface area contributed by atoms with Gasteiger partial charge in [0.15, 0.2) is 6.10 Å². The summed E-state index contributed by atoms with van der Waals surface area (Å²) >= 11 is 0. The van der Waals surface area contributed by atoms with Crippen LogP contribution in [0.2, 0.25) is 0 Å². The molecular formula is C29H25NO5. The number of carboxylic acids is 1. The van der Waals surface area contributed by atoms with E-state index in [1.165, 1.54) is 6.92 Å². The van der Waals surface area contributed by atoms with Crippen molar-refractivity contribution in [2.45, 2.75) is 19.6 Å². The quantitative estimate of drug-likeness (QED) is 0.286. The number of rotatable bonds is 10. The maximum absolute atomic E-state index is 13.2. The summed E-state index contributed by atoms with van der Waals surface area (Å²) in [6, 6.07) is 27.4. The molecule has 0 aliphatic heterocycles. The van der Waals surface area contributed by atoms with Crippen LogP contribution in [0.3, 0.4) is 0 Å². The molecule has 1 N–H and O–H groups in total. The summed E-state index contributed by atoms with van der Waals surface area (Å²) in [6.07, 6.45) is 4.77. The molecule has 176 valence electrons. The Morgan fingerprint density at radius 2 is 1.63 bits per heavy atom. The van der Waals surface area contributed by atoms with E-state index in [9.17, 15) is 9.59 Å². The van der Waals surface area contributed by atoms with Crippen LogP contribution >= 0.6 is 0 Å². The van der Waals surface area contributed by atoms with Crippen LogP contribution in [0.1, 0.15) is 28.5 Å². The smallest absolute Gasteiger partial charge is 0.344 e. The molecule has 4 rings (SSSR count). The number of hydrogen-bond donors (Lipinski definition) is 1. The highest BCUT2D eigenvalue weighted by atomic mass is 16.5. The van der Waals surface area contributed by atoms with E-state index in [0.29, 0.717) is 35.1 Å². The Balaban J connectivity index is 1.44. The van der Waals surface area contributed by atoms with Crippen molar-refractivity contribution in [2.24, 2.45) is 0 Å². The third kappa shape index (κ3) is 6.26. The summed E-state index contributed by atoms with van der Waals surface area (Å²) in [5, 5.41) is 9.02. The molecule has 6 heteroatoms. The molecule has 0 bridgehead atoms. The summed E-state index contributed by atoms with van der Waals surface area (Å²) in [7, 11) is 0. The summed E-state index contributed by atoms with van der Waals surface area (Å²) in [6.45, 7) is 1.98. The van der Waals surface area contributed by atoms with Crippen molar-refractivity contribution in [2.75, 3.05) is 0 Å². The van der Waals surface area contributed by atoms with Gasteiger partial charge in [-0.1, -0.05) is 54.6 Å². The van der Waals surface area contributed by atoms with Crippen molar-refractivity contribution in [1.29, 1.82) is 0 Å². The number of allylic oxidation sites excluding steroid dienone is 1. The van der Waals surface area contributed by atoms with Crippen LogP contribution < -0.4 is 9.47 Å². The van der Waals surface area contributed by atoms with E-state index in [4.69, 9.17) is 14.6 Å². The summed E-state index contributed by atoms with van der Waals surface area (Å²) < 4.78 is 13.2. The number of aromatic nitrogens is 1. The highest BCUT2D eigenvalue weighted by Crippen LogP contribution is 2.23. The molecule has 0 radical (unpaired) electrons. The molecule has 0 spiro atoms. The number of benzene rings is 3. The molecule has 1 aromatic heterocycles. The fourth-order valence-electron chi connectivity index (χ4n) is 3.50. The maximum Gasteiger partial charge on any atom is 0.344 e. The number of nitrogens with zero attached hydrogens (tertiary/aromatic N) is 1. The van der Waals surface area contributed by atoms with Crippen molar-refractivity contribution in [3.63, 3.8) is 0 Å². The zero-order valence-corrected chi connectivity index (χ0v) is 19.2. The zero-order chi connectivity index (χ0) is 24.6. The fourth-order valence-corrected chi connectivity index (χ4v) is 3.50. The lowest BCUT2D eigenvalue weighted by molar-refractivity contribution is -0.144. The first-order chi connectivity index (χ1) is 17.0. The third-order valence-corrected chi connectivity index (χ3v) is 5.27. The van der Waals surface area contributed by atoms with Gasteiger partial charge in [0.05, 0.1) is 5.69 Å². The maximum atomic E-state index is 13.2. The SMILES string of the molecule is CC(Oc1cccc(/C=C/Cn2cccc2C(=O)c2cccc(Oc3ccccc3)c2)c1)C(=O)O. The van der Waals surface area contributed by atoms with E-state index in [1.807, 2.05) is 71.4 Å². The first-order valence-corrected chi connectivity index (χ1v) is 11.2. The molecule has 6 nitrogen and oxygen atoms in total. The largest absolute Gasteiger partial charge is 0.479 e. The number of carbonyl (C=O) groups excluding carboxylic acids is 1. The Labute approximate surface area is 203 Å². The topological polar surface area (TPSA) is 77.8 Å². The molecule has 0 saturated heterocycles. The Morgan fingerprint density at radius 3 is 2.43 bits per heavy atom. The molecule has 1 unspecified atom stereocenters. The average Bonchev–Trinajstić information content (AvgIpc) is 3.33. The van der Waals surface area contributed by atoms with E-state index in [0.717, 1.165) is 5.56 Å². The fraction of sp³-hybridized carbons (Fsp3) is 0.103. The van der Waals surface area contributed by atoms with E-state index >= 15 is 0 Å². The van der Waals surface area contributed by atoms with Gasteiger partial charge in [-0.05, 0) is 61.0 Å². The van der Waals surface area contributed by atoms with Gasteiger partial charge in [-0.3, -0.25) is 4.79 Å². The van der Waals surface area contributed by atoms with Gasteiger partial charge < -0.3 is 19.1 Å². The number of ether oxygens (including phenoxy) is 2. The first-order valence-electron chi connectivity index (χ1n) is 11.2. The number of carbonyl (C=O) groups is 2. The predicted octanol–water partition coefficient (Wildman–Crippen LogP) is 6.08. The monoisotopic (exact) mass is 467 g/mol. The van der Waals surface area contributed by atoms with Crippen LogP contribution in [0, 0.1) is 0 Å². The average molecular weight is 468 g/mol. The van der Waals surface area contributed by atoms with Crippen LogP contribution in [-0.2, 0) is 11.3 Å². The van der Waals surface area contributed by atoms with E-state index in [1.54, 1.807) is 42.5 Å². The van der Waals surface area contributed by atoms with Gasteiger partial charge >= 0.3 is 5.97 Å². The van der Waals surface area contributed by atoms with Gasteiger partial charge in [-0.2, -0.15) is 0 Å². The molecule has 4 aromatic rings. The third-order valence-electron chi connectivity index (χ3n) is 5.27. The van der Waals surface area contributed by atoms with E-state index < -0.39 is 12.1 Å². The second-order valence-electron chi connectivity index (χ2n) is 7.89. The molecule has 35 heavy (non-hydrogen) atoms. The molecule has 0 saturated carbocycles. The lowest BCUT2D eigenvalue weighted by Crippen LogP contribution is -2.22. The first kappa shape index (κ1) is 23.6. The van der Waals surface area contributed by atoms with Crippen LogP contribution in [0.4, 0.5) is 0 Å². The van der Waals surface area contributed by atoms with Crippen molar-refractivity contribution in [3.05, 3.63) is 120 Å². The van der Waals surface area contributed by atoms with Crippen molar-refractivity contribution >= 4 is 17.8 Å². The second kappa shape index (κ2) is 11.0. The normalized spacial score (nSPS) is 11.8. The highest BCUT2D eigenvalue weighted by molar-refractivity contribution is 6.08.